The van der Waals surface area contributed by atoms with Crippen molar-refractivity contribution in [2.75, 3.05) is 32.8 Å². The van der Waals surface area contributed by atoms with Crippen molar-refractivity contribution in [1.29, 1.82) is 0 Å². The molecule has 260 valence electrons. The van der Waals surface area contributed by atoms with Crippen molar-refractivity contribution in [3.05, 3.63) is 23.7 Å². The van der Waals surface area contributed by atoms with E-state index >= 15 is 0 Å². The van der Waals surface area contributed by atoms with E-state index in [0.29, 0.717) is 31.1 Å². The van der Waals surface area contributed by atoms with Gasteiger partial charge in [-0.25, -0.2) is 4.79 Å². The van der Waals surface area contributed by atoms with E-state index in [4.69, 9.17) is 14.2 Å². The van der Waals surface area contributed by atoms with Crippen LogP contribution in [-0.4, -0.2) is 101 Å². The van der Waals surface area contributed by atoms with E-state index in [-0.39, 0.29) is 79.6 Å². The fourth-order valence-corrected chi connectivity index (χ4v) is 8.98. The second kappa shape index (κ2) is 12.9. The van der Waals surface area contributed by atoms with Crippen LogP contribution in [0.25, 0.3) is 0 Å². The molecule has 47 heavy (non-hydrogen) atoms. The summed E-state index contributed by atoms with van der Waals surface area (Å²) in [5, 5.41) is 28.5. The van der Waals surface area contributed by atoms with Crippen LogP contribution >= 0.6 is 0 Å². The molecule has 7 atom stereocenters. The van der Waals surface area contributed by atoms with Crippen LogP contribution in [-0.2, 0) is 28.6 Å². The third-order valence-corrected chi connectivity index (χ3v) is 11.4. The molecule has 4 N–H and O–H groups in total. The lowest BCUT2D eigenvalue weighted by Crippen LogP contribution is -2.76. The van der Waals surface area contributed by atoms with Gasteiger partial charge in [-0.05, 0) is 76.8 Å². The van der Waals surface area contributed by atoms with Gasteiger partial charge in [-0.15, -0.1) is 0 Å². The summed E-state index contributed by atoms with van der Waals surface area (Å²) < 4.78 is 17.3. The van der Waals surface area contributed by atoms with Gasteiger partial charge in [0.05, 0.1) is 17.6 Å². The second-order valence-electron chi connectivity index (χ2n) is 15.4. The van der Waals surface area contributed by atoms with Gasteiger partial charge in [-0.1, -0.05) is 19.9 Å². The van der Waals surface area contributed by atoms with Gasteiger partial charge in [-0.2, -0.15) is 0 Å². The van der Waals surface area contributed by atoms with Crippen molar-refractivity contribution in [2.24, 2.45) is 29.1 Å². The Balaban J connectivity index is 1.03. The molecule has 4 unspecified atom stereocenters. The molecule has 2 saturated heterocycles. The number of piperidine rings is 1. The predicted molar refractivity (Wildman–Crippen MR) is 170 cm³/mol. The number of carbonyl (C=O) groups is 4. The van der Waals surface area contributed by atoms with Gasteiger partial charge >= 0.3 is 6.16 Å². The number of ketones is 2. The first kappa shape index (κ1) is 34.1. The maximum Gasteiger partial charge on any atom is 0.514 e. The molecule has 6 rings (SSSR count). The maximum atomic E-state index is 13.3. The molecule has 12 nitrogen and oxygen atoms in total. The Hall–Kier alpha value is -2.80. The van der Waals surface area contributed by atoms with E-state index < -0.39 is 34.8 Å². The first-order valence-corrected chi connectivity index (χ1v) is 17.4. The minimum absolute atomic E-state index is 0.00349. The normalized spacial score (nSPS) is 33.3. The number of aliphatic hydroxyl groups is 2. The fraction of sp³-hybridized carbons (Fsp3) is 0.771. The third-order valence-electron chi connectivity index (χ3n) is 11.4. The number of ether oxygens (including phenoxy) is 3. The Morgan fingerprint density at radius 1 is 1.21 bits per heavy atom. The van der Waals surface area contributed by atoms with Crippen LogP contribution in [0.3, 0.4) is 0 Å². The van der Waals surface area contributed by atoms with E-state index in [1.807, 2.05) is 19.9 Å². The van der Waals surface area contributed by atoms with Gasteiger partial charge in [-0.3, -0.25) is 19.3 Å². The zero-order valence-corrected chi connectivity index (χ0v) is 28.1. The molecule has 1 amide bonds. The molecule has 0 radical (unpaired) electrons. The van der Waals surface area contributed by atoms with Crippen molar-refractivity contribution in [1.82, 2.24) is 15.5 Å². The molecule has 12 heteroatoms. The molecule has 2 bridgehead atoms. The number of nitrogens with one attached hydrogen (secondary N) is 2. The molecule has 2 aliphatic heterocycles. The lowest BCUT2D eigenvalue weighted by atomic mass is 9.44. The van der Waals surface area contributed by atoms with E-state index in [0.717, 1.165) is 19.5 Å². The van der Waals surface area contributed by atoms with Crippen molar-refractivity contribution in [3.8, 4) is 0 Å². The van der Waals surface area contributed by atoms with Crippen LogP contribution < -0.4 is 10.6 Å². The number of Topliss-reactive ketones (excluding diaryl/α,β-unsaturated/α-hetero) is 2. The summed E-state index contributed by atoms with van der Waals surface area (Å²) in [5.41, 5.74) is -3.30. The zero-order chi connectivity index (χ0) is 33.7. The highest BCUT2D eigenvalue weighted by Crippen LogP contribution is 2.69. The van der Waals surface area contributed by atoms with Crippen LogP contribution in [0.4, 0.5) is 4.79 Å². The minimum atomic E-state index is -1.50. The Bertz CT molecular complexity index is 1330. The zero-order valence-electron chi connectivity index (χ0n) is 28.1. The monoisotopic (exact) mass is 657 g/mol. The summed E-state index contributed by atoms with van der Waals surface area (Å²) in [6, 6.07) is 0.119. The van der Waals surface area contributed by atoms with Crippen LogP contribution in [0.5, 0.6) is 0 Å². The summed E-state index contributed by atoms with van der Waals surface area (Å²) in [6.07, 6.45) is 6.96. The number of hydrogen-bond acceptors (Lipinski definition) is 11. The summed E-state index contributed by atoms with van der Waals surface area (Å²) in [6.45, 7) is 8.89. The Morgan fingerprint density at radius 2 is 1.98 bits per heavy atom. The SMILES string of the molecule is CC(C)NCC(CCC(=O)NCCOC(=O)OC1=C2O[C@H]3C(=O)CCC4(O)[C@H]5CC(C=C1)C2[C@@]34CCN5CC1CC1)C(=O)C(C)(C)O. The highest BCUT2D eigenvalue weighted by Gasteiger charge is 2.77. The molecule has 2 heterocycles. The predicted octanol–water partition coefficient (Wildman–Crippen LogP) is 2.37. The second-order valence-corrected chi connectivity index (χ2v) is 15.4. The fourth-order valence-electron chi connectivity index (χ4n) is 8.98. The summed E-state index contributed by atoms with van der Waals surface area (Å²) in [5.74, 6) is 0.0109. The van der Waals surface area contributed by atoms with Crippen LogP contribution in [0, 0.1) is 29.1 Å². The summed E-state index contributed by atoms with van der Waals surface area (Å²) >= 11 is 0. The molecule has 6 aliphatic rings. The maximum absolute atomic E-state index is 13.3. The summed E-state index contributed by atoms with van der Waals surface area (Å²) in [7, 11) is 0. The van der Waals surface area contributed by atoms with Gasteiger partial charge in [0.15, 0.2) is 23.4 Å². The molecule has 0 aromatic heterocycles. The number of hydrogen-bond donors (Lipinski definition) is 4. The molecule has 0 aromatic carbocycles. The van der Waals surface area contributed by atoms with E-state index in [1.165, 1.54) is 26.7 Å². The lowest BCUT2D eigenvalue weighted by Gasteiger charge is -2.65. The Morgan fingerprint density at radius 3 is 2.68 bits per heavy atom. The molecule has 4 aliphatic carbocycles. The highest BCUT2D eigenvalue weighted by atomic mass is 16.7. The first-order valence-electron chi connectivity index (χ1n) is 17.4. The average molecular weight is 658 g/mol. The van der Waals surface area contributed by atoms with E-state index in [1.54, 1.807) is 6.08 Å². The minimum Gasteiger partial charge on any atom is -0.482 e. The Kier molecular flexibility index (Phi) is 9.36. The standard InChI is InChI=1S/C35H51N3O9/c1-20(2)37-18-23(30(41)33(3,4)43)8-10-27(40)36-14-16-45-32(42)46-25-9-7-22-17-26-35(44)12-11-24(39)31-34(35,28(22)29(25)47-31)13-15-38(26)19-21-5-6-21/h7,9,20-23,26,28,31,37,43-44H,5-6,8,10-19H2,1-4H3,(H,36,40)/t22?,23?,26-,28?,31+,34+,35?/m1/s1. The number of rotatable bonds is 14. The van der Waals surface area contributed by atoms with Gasteiger partial charge in [0.25, 0.3) is 0 Å². The average Bonchev–Trinajstić information content (AvgIpc) is 3.75. The number of allylic oxidation sites excluding steroid dienone is 3. The van der Waals surface area contributed by atoms with Crippen LogP contribution in [0.15, 0.2) is 23.7 Å². The number of amides is 1. The molecule has 0 aromatic rings. The summed E-state index contributed by atoms with van der Waals surface area (Å²) in [4.78, 5) is 53.6. The molecule has 5 fully saturated rings. The van der Waals surface area contributed by atoms with Gasteiger partial charge in [0, 0.05) is 49.9 Å². The Labute approximate surface area is 276 Å². The molecular formula is C35H51N3O9. The quantitative estimate of drug-likeness (QED) is 0.160. The smallest absolute Gasteiger partial charge is 0.482 e. The third kappa shape index (κ3) is 6.38. The number of likely N-dealkylation sites (tertiary alicyclic amines) is 1. The largest absolute Gasteiger partial charge is 0.514 e. The van der Waals surface area contributed by atoms with E-state index in [2.05, 4.69) is 15.5 Å². The van der Waals surface area contributed by atoms with Crippen LogP contribution in [0.1, 0.15) is 79.1 Å². The molecule has 1 spiro atoms. The van der Waals surface area contributed by atoms with Gasteiger partial charge in [0.2, 0.25) is 5.91 Å². The molecular weight excluding hydrogens is 606 g/mol. The first-order chi connectivity index (χ1) is 22.2. The highest BCUT2D eigenvalue weighted by molar-refractivity contribution is 5.89. The van der Waals surface area contributed by atoms with E-state index in [9.17, 15) is 29.4 Å². The van der Waals surface area contributed by atoms with Gasteiger partial charge in [0.1, 0.15) is 18.0 Å². The van der Waals surface area contributed by atoms with Gasteiger partial charge < -0.3 is 35.1 Å². The van der Waals surface area contributed by atoms with Crippen molar-refractivity contribution in [2.45, 2.75) is 108 Å². The van der Waals surface area contributed by atoms with Crippen molar-refractivity contribution in [3.63, 3.8) is 0 Å². The molecule has 3 saturated carbocycles. The number of carbonyl (C=O) groups excluding carboxylic acids is 4. The number of nitrogens with zero attached hydrogens (tertiary/aromatic N) is 1. The lowest BCUT2D eigenvalue weighted by molar-refractivity contribution is -0.244. The van der Waals surface area contributed by atoms with Crippen molar-refractivity contribution >= 4 is 23.6 Å². The van der Waals surface area contributed by atoms with Crippen molar-refractivity contribution < 1.29 is 43.6 Å². The topological polar surface area (TPSA) is 164 Å². The van der Waals surface area contributed by atoms with Crippen LogP contribution in [0.2, 0.25) is 0 Å².